The zero-order chi connectivity index (χ0) is 13.5. The van der Waals surface area contributed by atoms with Crippen LogP contribution in [0.3, 0.4) is 0 Å². The van der Waals surface area contributed by atoms with Gasteiger partial charge in [-0.05, 0) is 44.0 Å². The fraction of sp³-hybridized carbons (Fsp3) is 0.562. The van der Waals surface area contributed by atoms with Gasteiger partial charge in [0.2, 0.25) is 0 Å². The summed E-state index contributed by atoms with van der Waals surface area (Å²) in [4.78, 5) is 12.2. The first-order valence-corrected chi connectivity index (χ1v) is 7.32. The van der Waals surface area contributed by atoms with E-state index in [1.807, 2.05) is 31.3 Å². The van der Waals surface area contributed by atoms with Crippen LogP contribution in [0.2, 0.25) is 0 Å². The first-order chi connectivity index (χ1) is 9.31. The molecular formula is C16H24N2O. The summed E-state index contributed by atoms with van der Waals surface area (Å²) < 4.78 is 0. The van der Waals surface area contributed by atoms with Crippen molar-refractivity contribution in [2.75, 3.05) is 20.1 Å². The van der Waals surface area contributed by atoms with Crippen molar-refractivity contribution in [1.82, 2.24) is 10.6 Å². The van der Waals surface area contributed by atoms with Gasteiger partial charge >= 0.3 is 0 Å². The van der Waals surface area contributed by atoms with Crippen LogP contribution < -0.4 is 10.6 Å². The van der Waals surface area contributed by atoms with Crippen LogP contribution >= 0.6 is 0 Å². The van der Waals surface area contributed by atoms with E-state index in [0.29, 0.717) is 0 Å². The molecule has 19 heavy (non-hydrogen) atoms. The highest BCUT2D eigenvalue weighted by Crippen LogP contribution is 2.28. The molecule has 3 nitrogen and oxygen atoms in total. The maximum absolute atomic E-state index is 12.2. The molecule has 0 atom stereocenters. The Balaban J connectivity index is 1.85. The van der Waals surface area contributed by atoms with Gasteiger partial charge in [-0.25, -0.2) is 0 Å². The Labute approximate surface area is 115 Å². The summed E-state index contributed by atoms with van der Waals surface area (Å²) in [5, 5.41) is 6.18. The van der Waals surface area contributed by atoms with Gasteiger partial charge < -0.3 is 10.6 Å². The molecule has 2 rings (SSSR count). The molecule has 0 aromatic heterocycles. The summed E-state index contributed by atoms with van der Waals surface area (Å²) in [5.41, 5.74) is 1.95. The Morgan fingerprint density at radius 2 is 2.05 bits per heavy atom. The lowest BCUT2D eigenvalue weighted by Crippen LogP contribution is -2.28. The van der Waals surface area contributed by atoms with Crippen LogP contribution in [-0.4, -0.2) is 26.0 Å². The molecule has 0 radical (unpaired) electrons. The summed E-state index contributed by atoms with van der Waals surface area (Å²) in [6.45, 7) is 1.70. The van der Waals surface area contributed by atoms with Crippen LogP contribution in [0.25, 0.3) is 0 Å². The number of nitrogens with one attached hydrogen (secondary N) is 2. The van der Waals surface area contributed by atoms with E-state index in [1.165, 1.54) is 19.3 Å². The zero-order valence-corrected chi connectivity index (χ0v) is 11.7. The fourth-order valence-electron chi connectivity index (χ4n) is 2.49. The molecule has 1 aromatic rings. The molecule has 1 aliphatic carbocycles. The molecule has 0 unspecified atom stereocenters. The molecule has 0 heterocycles. The van der Waals surface area contributed by atoms with Gasteiger partial charge in [0.05, 0.1) is 0 Å². The first kappa shape index (κ1) is 14.1. The molecule has 104 valence electrons. The quantitative estimate of drug-likeness (QED) is 0.790. The third kappa shape index (κ3) is 4.06. The van der Waals surface area contributed by atoms with Crippen LogP contribution in [0.1, 0.15) is 41.6 Å². The van der Waals surface area contributed by atoms with Crippen molar-refractivity contribution in [3.63, 3.8) is 0 Å². The van der Waals surface area contributed by atoms with Crippen LogP contribution in [0, 0.1) is 5.92 Å². The van der Waals surface area contributed by atoms with E-state index >= 15 is 0 Å². The van der Waals surface area contributed by atoms with Crippen molar-refractivity contribution in [2.24, 2.45) is 5.92 Å². The van der Waals surface area contributed by atoms with Crippen molar-refractivity contribution < 1.29 is 4.79 Å². The van der Waals surface area contributed by atoms with Crippen LogP contribution in [0.5, 0.6) is 0 Å². The molecule has 1 saturated carbocycles. The second-order valence-corrected chi connectivity index (χ2v) is 5.35. The molecule has 1 fully saturated rings. The second-order valence-electron chi connectivity index (χ2n) is 5.35. The molecule has 0 bridgehead atoms. The van der Waals surface area contributed by atoms with Crippen molar-refractivity contribution in [2.45, 2.75) is 32.1 Å². The number of hydrogen-bond acceptors (Lipinski definition) is 2. The van der Waals surface area contributed by atoms with Crippen molar-refractivity contribution in [3.05, 3.63) is 35.4 Å². The van der Waals surface area contributed by atoms with Gasteiger partial charge in [0.25, 0.3) is 5.91 Å². The van der Waals surface area contributed by atoms with Gasteiger partial charge in [0.1, 0.15) is 0 Å². The normalized spacial score (nSPS) is 15.0. The Bertz CT molecular complexity index is 413. The predicted octanol–water partition coefficient (Wildman–Crippen LogP) is 2.37. The highest BCUT2D eigenvalue weighted by molar-refractivity contribution is 5.95. The Morgan fingerprint density at radius 3 is 2.74 bits per heavy atom. The highest BCUT2D eigenvalue weighted by Gasteiger charge is 2.17. The van der Waals surface area contributed by atoms with Crippen LogP contribution in [0.4, 0.5) is 0 Å². The largest absolute Gasteiger partial charge is 0.352 e. The molecule has 0 saturated heterocycles. The third-order valence-electron chi connectivity index (χ3n) is 3.97. The topological polar surface area (TPSA) is 41.1 Å². The summed E-state index contributed by atoms with van der Waals surface area (Å²) in [7, 11) is 1.93. The number of rotatable bonds is 7. The Hall–Kier alpha value is -1.35. The van der Waals surface area contributed by atoms with E-state index in [-0.39, 0.29) is 5.91 Å². The maximum Gasteiger partial charge on any atom is 0.251 e. The highest BCUT2D eigenvalue weighted by atomic mass is 16.1. The van der Waals surface area contributed by atoms with E-state index in [0.717, 1.165) is 43.0 Å². The van der Waals surface area contributed by atoms with Gasteiger partial charge in [-0.3, -0.25) is 4.79 Å². The minimum atomic E-state index is 0.0750. The summed E-state index contributed by atoms with van der Waals surface area (Å²) >= 11 is 0. The molecule has 3 heteroatoms. The molecule has 1 aromatic carbocycles. The fourth-order valence-corrected chi connectivity index (χ4v) is 2.49. The minimum absolute atomic E-state index is 0.0750. The SMILES string of the molecule is CNCCc1ccccc1C(=O)NCCC1CCC1. The number of benzene rings is 1. The van der Waals surface area contributed by atoms with Gasteiger partial charge in [-0.15, -0.1) is 0 Å². The number of hydrogen-bond donors (Lipinski definition) is 2. The average molecular weight is 260 g/mol. The third-order valence-corrected chi connectivity index (χ3v) is 3.97. The number of carbonyl (C=O) groups excluding carboxylic acids is 1. The van der Waals surface area contributed by atoms with E-state index < -0.39 is 0 Å². The molecule has 0 spiro atoms. The zero-order valence-electron chi connectivity index (χ0n) is 11.7. The van der Waals surface area contributed by atoms with E-state index in [9.17, 15) is 4.79 Å². The van der Waals surface area contributed by atoms with Crippen LogP contribution in [0.15, 0.2) is 24.3 Å². The monoisotopic (exact) mass is 260 g/mol. The van der Waals surface area contributed by atoms with Crippen molar-refractivity contribution >= 4 is 5.91 Å². The second kappa shape index (κ2) is 7.29. The lowest BCUT2D eigenvalue weighted by Gasteiger charge is -2.25. The molecule has 1 aliphatic rings. The number of carbonyl (C=O) groups is 1. The molecule has 1 amide bonds. The van der Waals surface area contributed by atoms with E-state index in [4.69, 9.17) is 0 Å². The van der Waals surface area contributed by atoms with Gasteiger partial charge in [0, 0.05) is 12.1 Å². The van der Waals surface area contributed by atoms with E-state index in [2.05, 4.69) is 10.6 Å². The predicted molar refractivity (Wildman–Crippen MR) is 78.4 cm³/mol. The number of amides is 1. The summed E-state index contributed by atoms with van der Waals surface area (Å²) in [5.74, 6) is 0.922. The summed E-state index contributed by atoms with van der Waals surface area (Å²) in [6.07, 6.45) is 6.07. The lowest BCUT2D eigenvalue weighted by molar-refractivity contribution is 0.0948. The lowest BCUT2D eigenvalue weighted by atomic mass is 9.83. The smallest absolute Gasteiger partial charge is 0.251 e. The van der Waals surface area contributed by atoms with Gasteiger partial charge in [-0.2, -0.15) is 0 Å². The average Bonchev–Trinajstić information content (AvgIpc) is 2.39. The summed E-state index contributed by atoms with van der Waals surface area (Å²) in [6, 6.07) is 7.89. The standard InChI is InChI=1S/C16H24N2O/c1-17-11-10-14-7-2-3-8-15(14)16(19)18-12-9-13-5-4-6-13/h2-3,7-8,13,17H,4-6,9-12H2,1H3,(H,18,19). The Morgan fingerprint density at radius 1 is 1.26 bits per heavy atom. The van der Waals surface area contributed by atoms with Crippen LogP contribution in [-0.2, 0) is 6.42 Å². The Kier molecular flexibility index (Phi) is 5.40. The molecule has 0 aliphatic heterocycles. The number of likely N-dealkylation sites (N-methyl/N-ethyl adjacent to an activating group) is 1. The van der Waals surface area contributed by atoms with Gasteiger partial charge in [0.15, 0.2) is 0 Å². The van der Waals surface area contributed by atoms with Crippen molar-refractivity contribution in [3.8, 4) is 0 Å². The molecule has 2 N–H and O–H groups in total. The maximum atomic E-state index is 12.2. The first-order valence-electron chi connectivity index (χ1n) is 7.32. The van der Waals surface area contributed by atoms with Gasteiger partial charge in [-0.1, -0.05) is 37.5 Å². The molecular weight excluding hydrogens is 236 g/mol. The van der Waals surface area contributed by atoms with E-state index in [1.54, 1.807) is 0 Å². The van der Waals surface area contributed by atoms with Crippen molar-refractivity contribution in [1.29, 1.82) is 0 Å². The minimum Gasteiger partial charge on any atom is -0.352 e.